The van der Waals surface area contributed by atoms with Crippen LogP contribution >= 0.6 is 0 Å². The van der Waals surface area contributed by atoms with E-state index in [1.54, 1.807) is 6.08 Å². The zero-order valence-electron chi connectivity index (χ0n) is 53.3. The minimum atomic E-state index is -2.29. The van der Waals surface area contributed by atoms with Crippen molar-refractivity contribution >= 4 is 12.3 Å². The summed E-state index contributed by atoms with van der Waals surface area (Å²) in [6.45, 7) is -0.142. The number of aryl methyl sites for hydroxylation is 1. The van der Waals surface area contributed by atoms with E-state index in [4.69, 9.17) is 4.74 Å². The number of likely N-dealkylation sites (N-methyl/N-ethyl adjacent to an activating group) is 1. The maximum Gasteiger partial charge on any atom is 0.331 e. The molecule has 15 aliphatic carbocycles. The first kappa shape index (κ1) is 59.3. The molecule has 0 amide bonds. The molecule has 15 bridgehead atoms. The maximum absolute atomic E-state index is 15.8. The van der Waals surface area contributed by atoms with E-state index in [-0.39, 0.29) is 72.8 Å². The molecular weight excluding hydrogens is 1120 g/mol. The summed E-state index contributed by atoms with van der Waals surface area (Å²) in [7, 11) is 1.96. The zero-order valence-corrected chi connectivity index (χ0v) is 53.3. The van der Waals surface area contributed by atoms with Crippen LogP contribution < -0.4 is 5.32 Å². The third-order valence-corrected chi connectivity index (χ3v) is 30.2. The number of benzene rings is 3. The highest BCUT2D eigenvalue weighted by Gasteiger charge is 2.87. The molecule has 3 aromatic rings. The first-order valence-electron chi connectivity index (χ1n) is 36.3. The van der Waals surface area contributed by atoms with Crippen LogP contribution in [-0.2, 0) is 45.6 Å². The van der Waals surface area contributed by atoms with Gasteiger partial charge in [0.1, 0.15) is 23.6 Å². The van der Waals surface area contributed by atoms with Gasteiger partial charge in [-0.15, -0.1) is 0 Å². The number of aliphatic hydroxyl groups excluding tert-OH is 3. The highest BCUT2D eigenvalue weighted by molar-refractivity contribution is 5.86. The van der Waals surface area contributed by atoms with Gasteiger partial charge in [-0.3, -0.25) is 0 Å². The molecule has 4 spiro atoms. The Kier molecular flexibility index (Phi) is 14.0. The van der Waals surface area contributed by atoms with Gasteiger partial charge in [0.05, 0.1) is 29.8 Å². The van der Waals surface area contributed by atoms with E-state index in [1.165, 1.54) is 54.4 Å². The van der Waals surface area contributed by atoms with Gasteiger partial charge in [-0.25, -0.2) is 4.79 Å². The third kappa shape index (κ3) is 8.14. The van der Waals surface area contributed by atoms with E-state index in [0.29, 0.717) is 63.2 Å². The Bertz CT molecular complexity index is 3490. The molecule has 10 saturated carbocycles. The van der Waals surface area contributed by atoms with Crippen molar-refractivity contribution in [2.24, 2.45) is 92.7 Å². The minimum absolute atomic E-state index is 0.00979. The molecule has 10 fully saturated rings. The Morgan fingerprint density at radius 2 is 1.48 bits per heavy atom. The quantitative estimate of drug-likeness (QED) is 0.0576. The topological polar surface area (TPSA) is 177 Å². The van der Waals surface area contributed by atoms with Crippen LogP contribution in [0.25, 0.3) is 0 Å². The predicted molar refractivity (Wildman–Crippen MR) is 344 cm³/mol. The highest BCUT2D eigenvalue weighted by atomic mass is 16.5. The fourth-order valence-corrected chi connectivity index (χ4v) is 26.7. The van der Waals surface area contributed by atoms with Crippen LogP contribution in [0.1, 0.15) is 199 Å². The summed E-state index contributed by atoms with van der Waals surface area (Å²) in [5.74, 6) is 5.18. The number of ether oxygens (including phenoxy) is 1. The van der Waals surface area contributed by atoms with Gasteiger partial charge in [-0.1, -0.05) is 130 Å². The molecule has 1 heterocycles. The molecule has 0 unspecified atom stereocenters. The first-order chi connectivity index (χ1) is 43.6. The summed E-state index contributed by atoms with van der Waals surface area (Å²) < 4.78 is 6.61. The van der Waals surface area contributed by atoms with E-state index in [2.05, 4.69) is 83.9 Å². The van der Waals surface area contributed by atoms with Crippen molar-refractivity contribution in [3.8, 4) is 11.8 Å². The van der Waals surface area contributed by atoms with Crippen LogP contribution in [0.5, 0.6) is 0 Å². The maximum atomic E-state index is 15.8. The van der Waals surface area contributed by atoms with Crippen molar-refractivity contribution in [3.63, 3.8) is 0 Å². The lowest BCUT2D eigenvalue weighted by atomic mass is 9.32. The van der Waals surface area contributed by atoms with Crippen molar-refractivity contribution in [2.45, 2.75) is 233 Å². The summed E-state index contributed by atoms with van der Waals surface area (Å²) >= 11 is 0. The van der Waals surface area contributed by atoms with Crippen molar-refractivity contribution in [2.75, 3.05) is 7.05 Å². The fourth-order valence-electron chi connectivity index (χ4n) is 26.7. The van der Waals surface area contributed by atoms with E-state index in [0.717, 1.165) is 106 Å². The molecule has 1 aliphatic heterocycles. The molecule has 22 atom stereocenters. The lowest BCUT2D eigenvalue weighted by Gasteiger charge is -2.75. The van der Waals surface area contributed by atoms with Gasteiger partial charge >= 0.3 is 5.97 Å². The molecule has 10 heteroatoms. The van der Waals surface area contributed by atoms with Crippen molar-refractivity contribution in [3.05, 3.63) is 129 Å². The van der Waals surface area contributed by atoms with Gasteiger partial charge in [0, 0.05) is 57.6 Å². The summed E-state index contributed by atoms with van der Waals surface area (Å²) in [5.41, 5.74) is -1.51. The van der Waals surface area contributed by atoms with Gasteiger partial charge in [0.15, 0.2) is 0 Å². The van der Waals surface area contributed by atoms with Crippen LogP contribution in [0.15, 0.2) is 90.5 Å². The Balaban J connectivity index is 0.898. The molecule has 90 heavy (non-hydrogen) atoms. The van der Waals surface area contributed by atoms with Crippen molar-refractivity contribution in [1.82, 2.24) is 5.32 Å². The average Bonchev–Trinajstić information content (AvgIpc) is 1.24. The third-order valence-electron chi connectivity index (χ3n) is 30.2. The van der Waals surface area contributed by atoms with Gasteiger partial charge in [0.2, 0.25) is 0 Å². The van der Waals surface area contributed by atoms with Crippen LogP contribution in [0.2, 0.25) is 0 Å². The lowest BCUT2D eigenvalue weighted by Crippen LogP contribution is -2.86. The number of nitrogens with one attached hydrogen (secondary N) is 1. The van der Waals surface area contributed by atoms with Crippen LogP contribution in [-0.4, -0.2) is 91.1 Å². The molecule has 0 aromatic heterocycles. The summed E-state index contributed by atoms with van der Waals surface area (Å²) in [6, 6.07) is 24.9. The van der Waals surface area contributed by atoms with Crippen molar-refractivity contribution in [1.29, 1.82) is 0 Å². The fraction of sp³-hybridized carbons (Fsp3) is 0.675. The number of hydrogen-bond donors (Lipinski definition) is 7. The Morgan fingerprint density at radius 1 is 0.711 bits per heavy atom. The second kappa shape index (κ2) is 21.3. The van der Waals surface area contributed by atoms with Gasteiger partial charge in [-0.05, 0) is 240 Å². The Morgan fingerprint density at radius 3 is 2.27 bits per heavy atom. The molecule has 0 radical (unpaired) electrons. The number of rotatable bonds is 4. The van der Waals surface area contributed by atoms with Gasteiger partial charge in [0.25, 0.3) is 0 Å². The lowest BCUT2D eigenvalue weighted by molar-refractivity contribution is -0.385. The number of carbonyl (C=O) groups excluding carboxylic acids is 2. The van der Waals surface area contributed by atoms with E-state index in [1.807, 2.05) is 19.2 Å². The standard InChI is InChI=1S/C80H99NO9/c1-81-66-39-60-53(15-9-17-55(60)44-82)25-30-73-29-23-51(41-73)33-50-12-8-19-58(35-50)75(27-5-2-6-28-75)57-18-7-11-48(34-57)21-22-49-24-31-74(42-49)46-77(47-83)67-26-32-76(45-73)69-56(36-62(66)70-63(69)40-68(84)90-70)43-78(76,87)80(67,89)72(86)65-38-61-54(37-64(71(74)85)79(65,77)88)16-10-20-59(61)52-13-3-4-14-52/h7-12,15-19,34-35,40,47,49,51-52,54,56,59,61-62,64-67,69-72,81-82,85-89H,2-6,13-14,20-24,26-29,31-33,36-39,41-46H2,1H3/t49-,51+,54-,56+,59-,61+,62+,64+,65-,66-,67-,69-,70+,71-,72-,73-,74+,76+,77+,78-,79-,80+/m1/s1. The Labute approximate surface area is 533 Å². The second-order valence-electron chi connectivity index (χ2n) is 33.5. The zero-order chi connectivity index (χ0) is 61.4. The smallest absolute Gasteiger partial charge is 0.331 e. The van der Waals surface area contributed by atoms with E-state index in [9.17, 15) is 25.2 Å². The van der Waals surface area contributed by atoms with E-state index >= 15 is 15.0 Å². The average molecular weight is 1220 g/mol. The molecule has 478 valence electrons. The number of carbonyl (C=O) groups is 2. The Hall–Kier alpha value is -4.44. The summed E-state index contributed by atoms with van der Waals surface area (Å²) in [6.07, 6.45) is 26.5. The normalized spacial score (nSPS) is 46.8. The molecule has 7 N–H and O–H groups in total. The number of fused-ring (bicyclic) bond motifs is 4. The van der Waals surface area contributed by atoms with Crippen LogP contribution in [0.3, 0.4) is 0 Å². The summed E-state index contributed by atoms with van der Waals surface area (Å²) in [4.78, 5) is 30.1. The number of esters is 1. The van der Waals surface area contributed by atoms with E-state index < -0.39 is 86.4 Å². The monoisotopic (exact) mass is 1220 g/mol. The van der Waals surface area contributed by atoms with Crippen molar-refractivity contribution < 1.29 is 45.0 Å². The number of hydrogen-bond acceptors (Lipinski definition) is 10. The molecule has 19 rings (SSSR count). The minimum Gasteiger partial charge on any atom is -0.454 e. The number of allylic oxidation sites excluding steroid dienone is 2. The molecule has 3 aromatic carbocycles. The van der Waals surface area contributed by atoms with Crippen LogP contribution in [0, 0.1) is 105 Å². The molecule has 16 aliphatic rings. The van der Waals surface area contributed by atoms with Gasteiger partial charge < -0.3 is 45.5 Å². The predicted octanol–water partition coefficient (Wildman–Crippen LogP) is 11.5. The number of aldehydes is 1. The number of aliphatic hydroxyl groups is 6. The SMILES string of the molecule is CN[C@@H]1Cc2c(cccc2CO)C#C[C@@]23CC[C@@H](Cc4cccc(c4)C4(CCCCC4)c4cccc(c4)CC[C@@H]4CC[C@]5(C4)C[C@]4(C=O)[C@H]6CC[C@]7(C2)[C@H]2C8=CC(=O)O[C@H]8[C@H]1C[C@H]2C[C@]7(O)[C@@]6(O)[C@H](O)[C@H]1C[C@H]2[C@H](C=CC[C@@H]2C2CCCC2)C[C@@H]([C@H]5O)[C@@]14O)C3. The summed E-state index contributed by atoms with van der Waals surface area (Å²) in [5, 5.41) is 89.2. The van der Waals surface area contributed by atoms with Crippen LogP contribution in [0.4, 0.5) is 0 Å². The molecule has 10 nitrogen and oxygen atoms in total. The largest absolute Gasteiger partial charge is 0.454 e. The molecule has 0 saturated heterocycles. The first-order valence-corrected chi connectivity index (χ1v) is 36.3. The molecular formula is C80H99NO9. The highest BCUT2D eigenvalue weighted by Crippen LogP contribution is 2.81. The second-order valence-corrected chi connectivity index (χ2v) is 33.5. The van der Waals surface area contributed by atoms with Gasteiger partial charge in [-0.2, -0.15) is 0 Å².